The zero-order valence-electron chi connectivity index (χ0n) is 9.20. The Labute approximate surface area is 114 Å². The van der Waals surface area contributed by atoms with Crippen LogP contribution in [0, 0.1) is 5.92 Å². The number of hydrogen-bond acceptors (Lipinski definition) is 3. The van der Waals surface area contributed by atoms with Crippen LogP contribution in [0.25, 0.3) is 0 Å². The first-order valence-electron chi connectivity index (χ1n) is 4.77. The standard InChI is InChI=1S/C10H15BrN2OS.ClH/c1-6(2)9(12)10(14)13-4-8-3-7(11)5-15-8;/h3,5-6,9H,4,12H2,1-2H3,(H,13,14);1H/t9-;/m1./s1. The second-order valence-corrected chi connectivity index (χ2v) is 5.63. The van der Waals surface area contributed by atoms with Crippen molar-refractivity contribution >= 4 is 45.6 Å². The third-order valence-electron chi connectivity index (χ3n) is 2.08. The van der Waals surface area contributed by atoms with Gasteiger partial charge >= 0.3 is 0 Å². The Kier molecular flexibility index (Phi) is 7.22. The number of rotatable bonds is 4. The van der Waals surface area contributed by atoms with Gasteiger partial charge in [-0.2, -0.15) is 0 Å². The van der Waals surface area contributed by atoms with E-state index in [1.54, 1.807) is 11.3 Å². The molecule has 0 radical (unpaired) electrons. The molecule has 3 N–H and O–H groups in total. The number of hydrogen-bond donors (Lipinski definition) is 2. The summed E-state index contributed by atoms with van der Waals surface area (Å²) < 4.78 is 1.05. The maximum Gasteiger partial charge on any atom is 0.237 e. The van der Waals surface area contributed by atoms with Gasteiger partial charge in [0.2, 0.25) is 5.91 Å². The second-order valence-electron chi connectivity index (χ2n) is 3.72. The Morgan fingerprint density at radius 2 is 2.25 bits per heavy atom. The van der Waals surface area contributed by atoms with Gasteiger partial charge in [-0.1, -0.05) is 13.8 Å². The van der Waals surface area contributed by atoms with Crippen LogP contribution in [0.2, 0.25) is 0 Å². The fourth-order valence-electron chi connectivity index (χ4n) is 1.04. The molecule has 0 bridgehead atoms. The summed E-state index contributed by atoms with van der Waals surface area (Å²) in [7, 11) is 0. The van der Waals surface area contributed by atoms with Crippen LogP contribution in [0.5, 0.6) is 0 Å². The minimum Gasteiger partial charge on any atom is -0.350 e. The van der Waals surface area contributed by atoms with E-state index < -0.39 is 6.04 Å². The fraction of sp³-hybridized carbons (Fsp3) is 0.500. The van der Waals surface area contributed by atoms with E-state index >= 15 is 0 Å². The number of amides is 1. The summed E-state index contributed by atoms with van der Waals surface area (Å²) in [6.07, 6.45) is 0. The van der Waals surface area contributed by atoms with Crippen molar-refractivity contribution in [3.63, 3.8) is 0 Å². The number of halogens is 2. The quantitative estimate of drug-likeness (QED) is 0.893. The summed E-state index contributed by atoms with van der Waals surface area (Å²) in [5.74, 6) is 0.0783. The SMILES string of the molecule is CC(C)[C@@H](N)C(=O)NCc1cc(Br)cs1.Cl. The summed E-state index contributed by atoms with van der Waals surface area (Å²) in [6, 6.07) is 1.57. The van der Waals surface area contributed by atoms with Crippen LogP contribution in [-0.2, 0) is 11.3 Å². The first-order valence-corrected chi connectivity index (χ1v) is 6.44. The van der Waals surface area contributed by atoms with Crippen LogP contribution in [0.4, 0.5) is 0 Å². The number of thiophene rings is 1. The molecule has 0 saturated carbocycles. The zero-order chi connectivity index (χ0) is 11.4. The Balaban J connectivity index is 0.00000225. The molecule has 1 amide bonds. The van der Waals surface area contributed by atoms with Gasteiger partial charge in [-0.15, -0.1) is 23.7 Å². The van der Waals surface area contributed by atoms with Gasteiger partial charge in [-0.3, -0.25) is 4.79 Å². The van der Waals surface area contributed by atoms with E-state index in [9.17, 15) is 4.79 Å². The second kappa shape index (κ2) is 7.27. The van der Waals surface area contributed by atoms with Crippen LogP contribution in [0.15, 0.2) is 15.9 Å². The van der Waals surface area contributed by atoms with Gasteiger partial charge in [0.25, 0.3) is 0 Å². The van der Waals surface area contributed by atoms with Crippen LogP contribution in [-0.4, -0.2) is 11.9 Å². The van der Waals surface area contributed by atoms with Crippen molar-refractivity contribution in [2.45, 2.75) is 26.4 Å². The molecular weight excluding hydrogens is 312 g/mol. The van der Waals surface area contributed by atoms with Gasteiger partial charge < -0.3 is 11.1 Å². The summed E-state index contributed by atoms with van der Waals surface area (Å²) >= 11 is 4.97. The lowest BCUT2D eigenvalue weighted by atomic mass is 10.1. The lowest BCUT2D eigenvalue weighted by molar-refractivity contribution is -0.123. The first kappa shape index (κ1) is 15.9. The topological polar surface area (TPSA) is 55.1 Å². The Bertz CT molecular complexity index is 343. The minimum absolute atomic E-state index is 0. The first-order chi connectivity index (χ1) is 7.00. The van der Waals surface area contributed by atoms with Crippen LogP contribution in [0.3, 0.4) is 0 Å². The van der Waals surface area contributed by atoms with Crippen molar-refractivity contribution in [3.8, 4) is 0 Å². The zero-order valence-corrected chi connectivity index (χ0v) is 12.4. The van der Waals surface area contributed by atoms with Gasteiger partial charge in [0, 0.05) is 14.7 Å². The molecule has 0 aliphatic carbocycles. The average Bonchev–Trinajstić information content (AvgIpc) is 2.59. The third-order valence-corrected chi connectivity index (χ3v) is 3.78. The molecule has 92 valence electrons. The van der Waals surface area contributed by atoms with Crippen LogP contribution >= 0.6 is 39.7 Å². The number of nitrogens with one attached hydrogen (secondary N) is 1. The lowest BCUT2D eigenvalue weighted by Crippen LogP contribution is -2.43. The van der Waals surface area contributed by atoms with Crippen molar-refractivity contribution in [1.29, 1.82) is 0 Å². The molecule has 3 nitrogen and oxygen atoms in total. The minimum atomic E-state index is -0.423. The van der Waals surface area contributed by atoms with E-state index in [2.05, 4.69) is 21.2 Å². The maximum absolute atomic E-state index is 11.5. The highest BCUT2D eigenvalue weighted by Gasteiger charge is 2.16. The van der Waals surface area contributed by atoms with Crippen molar-refractivity contribution in [1.82, 2.24) is 5.32 Å². The van der Waals surface area contributed by atoms with Gasteiger partial charge in [0.15, 0.2) is 0 Å². The van der Waals surface area contributed by atoms with Crippen molar-refractivity contribution in [2.75, 3.05) is 0 Å². The molecule has 1 aromatic rings. The van der Waals surface area contributed by atoms with E-state index in [0.717, 1.165) is 9.35 Å². The third kappa shape index (κ3) is 4.82. The Hall–Kier alpha value is -0.100. The smallest absolute Gasteiger partial charge is 0.237 e. The molecule has 1 atom stereocenters. The van der Waals surface area contributed by atoms with Crippen molar-refractivity contribution in [2.24, 2.45) is 11.7 Å². The van der Waals surface area contributed by atoms with Crippen LogP contribution < -0.4 is 11.1 Å². The number of nitrogens with two attached hydrogens (primary N) is 1. The normalized spacial score (nSPS) is 12.1. The monoisotopic (exact) mass is 326 g/mol. The molecule has 1 heterocycles. The van der Waals surface area contributed by atoms with Crippen molar-refractivity contribution < 1.29 is 4.79 Å². The molecule has 0 fully saturated rings. The summed E-state index contributed by atoms with van der Waals surface area (Å²) in [6.45, 7) is 4.42. The molecule has 1 rings (SSSR count). The summed E-state index contributed by atoms with van der Waals surface area (Å²) in [5.41, 5.74) is 5.71. The highest BCUT2D eigenvalue weighted by Crippen LogP contribution is 2.19. The fourth-order valence-corrected chi connectivity index (χ4v) is 2.43. The van der Waals surface area contributed by atoms with Crippen molar-refractivity contribution in [3.05, 3.63) is 20.8 Å². The van der Waals surface area contributed by atoms with Gasteiger partial charge in [-0.25, -0.2) is 0 Å². The molecule has 0 aromatic carbocycles. The van der Waals surface area contributed by atoms with Gasteiger partial charge in [0.05, 0.1) is 12.6 Å². The van der Waals surface area contributed by atoms with E-state index in [1.165, 1.54) is 0 Å². The number of carbonyl (C=O) groups excluding carboxylic acids is 1. The molecule has 0 aliphatic rings. The molecular formula is C10H16BrClN2OS. The lowest BCUT2D eigenvalue weighted by Gasteiger charge is -2.14. The molecule has 0 aliphatic heterocycles. The van der Waals surface area contributed by atoms with E-state index in [4.69, 9.17) is 5.73 Å². The van der Waals surface area contributed by atoms with E-state index in [0.29, 0.717) is 6.54 Å². The molecule has 0 spiro atoms. The number of carbonyl (C=O) groups is 1. The van der Waals surface area contributed by atoms with E-state index in [-0.39, 0.29) is 24.2 Å². The summed E-state index contributed by atoms with van der Waals surface area (Å²) in [5, 5.41) is 4.81. The molecule has 16 heavy (non-hydrogen) atoms. The van der Waals surface area contributed by atoms with Crippen LogP contribution in [0.1, 0.15) is 18.7 Å². The largest absolute Gasteiger partial charge is 0.350 e. The van der Waals surface area contributed by atoms with Gasteiger partial charge in [-0.05, 0) is 27.9 Å². The Morgan fingerprint density at radius 1 is 1.62 bits per heavy atom. The molecule has 6 heteroatoms. The maximum atomic E-state index is 11.5. The molecule has 1 aromatic heterocycles. The summed E-state index contributed by atoms with van der Waals surface area (Å²) in [4.78, 5) is 12.6. The predicted molar refractivity (Wildman–Crippen MR) is 73.9 cm³/mol. The predicted octanol–water partition coefficient (Wildman–Crippen LogP) is 2.53. The Morgan fingerprint density at radius 3 is 2.69 bits per heavy atom. The highest BCUT2D eigenvalue weighted by atomic mass is 79.9. The molecule has 0 unspecified atom stereocenters. The molecule has 0 saturated heterocycles. The van der Waals surface area contributed by atoms with Gasteiger partial charge in [0.1, 0.15) is 0 Å². The highest BCUT2D eigenvalue weighted by molar-refractivity contribution is 9.10. The van der Waals surface area contributed by atoms with E-state index in [1.807, 2.05) is 25.3 Å². The average molecular weight is 328 g/mol.